The number of hydrogen-bond acceptors (Lipinski definition) is 2. The van der Waals surface area contributed by atoms with E-state index in [1.807, 2.05) is 0 Å². The van der Waals surface area contributed by atoms with Crippen LogP contribution in [-0.2, 0) is 11.3 Å². The van der Waals surface area contributed by atoms with Crippen LogP contribution in [0.1, 0.15) is 52.0 Å². The van der Waals surface area contributed by atoms with Crippen molar-refractivity contribution in [1.82, 2.24) is 10.2 Å². The fourth-order valence-corrected chi connectivity index (χ4v) is 3.29. The number of fused-ring (bicyclic) bond motifs is 1. The molecule has 0 atom stereocenters. The van der Waals surface area contributed by atoms with Crippen molar-refractivity contribution in [3.8, 4) is 0 Å². The number of nitrogens with one attached hydrogen (secondary N) is 1. The molecule has 0 spiro atoms. The minimum absolute atomic E-state index is 0.130. The van der Waals surface area contributed by atoms with Gasteiger partial charge in [-0.1, -0.05) is 57.2 Å². The Kier molecular flexibility index (Phi) is 7.65. The first-order chi connectivity index (χ1) is 12.4. The van der Waals surface area contributed by atoms with Gasteiger partial charge in [0.25, 0.3) is 0 Å². The summed E-state index contributed by atoms with van der Waals surface area (Å²) < 4.78 is 0. The molecule has 0 radical (unpaired) electrons. The summed E-state index contributed by atoms with van der Waals surface area (Å²) in [4.78, 5) is 14.0. The molecule has 0 aromatic heterocycles. The molecule has 0 heterocycles. The molecule has 1 amide bonds. The lowest BCUT2D eigenvalue weighted by molar-refractivity contribution is -0.120. The third-order valence-electron chi connectivity index (χ3n) is 4.78. The molecule has 1 N–H and O–H groups in total. The van der Waals surface area contributed by atoms with Crippen molar-refractivity contribution in [2.45, 2.75) is 53.0 Å². The molecule has 0 bridgehead atoms. The first-order valence-electron chi connectivity index (χ1n) is 9.78. The summed E-state index contributed by atoms with van der Waals surface area (Å²) in [5, 5.41) is 5.30. The van der Waals surface area contributed by atoms with Crippen molar-refractivity contribution in [3.63, 3.8) is 0 Å². The van der Waals surface area contributed by atoms with E-state index in [1.54, 1.807) is 7.05 Å². The van der Waals surface area contributed by atoms with Gasteiger partial charge in [-0.3, -0.25) is 9.69 Å². The van der Waals surface area contributed by atoms with Crippen molar-refractivity contribution < 1.29 is 4.79 Å². The van der Waals surface area contributed by atoms with Crippen molar-refractivity contribution in [3.05, 3.63) is 48.0 Å². The SMILES string of the molecule is CNC(=O)CCCN(CCCC(C)(C)C)Cc1ccc2ccccc2c1. The lowest BCUT2D eigenvalue weighted by atomic mass is 9.90. The summed E-state index contributed by atoms with van der Waals surface area (Å²) in [6, 6.07) is 15.2. The van der Waals surface area contributed by atoms with E-state index in [1.165, 1.54) is 29.2 Å². The average molecular weight is 355 g/mol. The van der Waals surface area contributed by atoms with E-state index in [9.17, 15) is 4.79 Å². The molecule has 26 heavy (non-hydrogen) atoms. The highest BCUT2D eigenvalue weighted by Gasteiger charge is 2.12. The summed E-state index contributed by atoms with van der Waals surface area (Å²) in [6.45, 7) is 9.88. The number of carbonyl (C=O) groups excluding carboxylic acids is 1. The second-order valence-corrected chi connectivity index (χ2v) is 8.40. The standard InChI is InChI=1S/C23H34N2O/c1-23(2,3)14-8-16-25(15-7-11-22(26)24-4)18-19-12-13-20-9-5-6-10-21(20)17-19/h5-6,9-10,12-13,17H,7-8,11,14-16,18H2,1-4H3,(H,24,26). The van der Waals surface area contributed by atoms with Crippen LogP contribution in [0.4, 0.5) is 0 Å². The topological polar surface area (TPSA) is 32.3 Å². The van der Waals surface area contributed by atoms with E-state index in [0.29, 0.717) is 11.8 Å². The molecule has 0 aliphatic carbocycles. The van der Waals surface area contributed by atoms with Crippen LogP contribution < -0.4 is 5.32 Å². The number of benzene rings is 2. The van der Waals surface area contributed by atoms with Gasteiger partial charge in [0.05, 0.1) is 0 Å². The molecule has 0 aliphatic heterocycles. The molecule has 3 nitrogen and oxygen atoms in total. The summed E-state index contributed by atoms with van der Waals surface area (Å²) >= 11 is 0. The highest BCUT2D eigenvalue weighted by molar-refractivity contribution is 5.82. The van der Waals surface area contributed by atoms with E-state index in [2.05, 4.69) is 73.5 Å². The van der Waals surface area contributed by atoms with Crippen LogP contribution in [0.25, 0.3) is 10.8 Å². The van der Waals surface area contributed by atoms with Crippen LogP contribution in [0.5, 0.6) is 0 Å². The van der Waals surface area contributed by atoms with Crippen LogP contribution in [-0.4, -0.2) is 30.9 Å². The van der Waals surface area contributed by atoms with Gasteiger partial charge in [0.1, 0.15) is 0 Å². The molecule has 2 aromatic carbocycles. The largest absolute Gasteiger partial charge is 0.359 e. The van der Waals surface area contributed by atoms with E-state index >= 15 is 0 Å². The number of carbonyl (C=O) groups is 1. The quantitative estimate of drug-likeness (QED) is 0.688. The van der Waals surface area contributed by atoms with Gasteiger partial charge in [0, 0.05) is 20.0 Å². The molecule has 0 fully saturated rings. The zero-order valence-electron chi connectivity index (χ0n) is 16.8. The number of rotatable bonds is 9. The van der Waals surface area contributed by atoms with E-state index < -0.39 is 0 Å². The first-order valence-corrected chi connectivity index (χ1v) is 9.78. The maximum atomic E-state index is 11.5. The van der Waals surface area contributed by atoms with Crippen molar-refractivity contribution in [2.75, 3.05) is 20.1 Å². The van der Waals surface area contributed by atoms with Gasteiger partial charge in [-0.2, -0.15) is 0 Å². The lowest BCUT2D eigenvalue weighted by Crippen LogP contribution is -2.28. The smallest absolute Gasteiger partial charge is 0.219 e. The first kappa shape index (κ1) is 20.4. The predicted molar refractivity (Wildman–Crippen MR) is 111 cm³/mol. The Bertz CT molecular complexity index is 703. The Morgan fingerprint density at radius 3 is 2.38 bits per heavy atom. The van der Waals surface area contributed by atoms with Gasteiger partial charge in [0.15, 0.2) is 0 Å². The van der Waals surface area contributed by atoms with Gasteiger partial charge in [0.2, 0.25) is 5.91 Å². The summed E-state index contributed by atoms with van der Waals surface area (Å²) in [7, 11) is 1.71. The highest BCUT2D eigenvalue weighted by atomic mass is 16.1. The van der Waals surface area contributed by atoms with Crippen LogP contribution >= 0.6 is 0 Å². The highest BCUT2D eigenvalue weighted by Crippen LogP contribution is 2.22. The van der Waals surface area contributed by atoms with E-state index in [0.717, 1.165) is 26.1 Å². The fourth-order valence-electron chi connectivity index (χ4n) is 3.29. The second-order valence-electron chi connectivity index (χ2n) is 8.40. The van der Waals surface area contributed by atoms with Crippen LogP contribution in [0.3, 0.4) is 0 Å². The van der Waals surface area contributed by atoms with E-state index in [-0.39, 0.29) is 5.91 Å². The van der Waals surface area contributed by atoms with Crippen LogP contribution in [0.2, 0.25) is 0 Å². The monoisotopic (exact) mass is 354 g/mol. The zero-order chi connectivity index (χ0) is 19.0. The van der Waals surface area contributed by atoms with Gasteiger partial charge in [-0.25, -0.2) is 0 Å². The minimum Gasteiger partial charge on any atom is -0.359 e. The minimum atomic E-state index is 0.130. The molecule has 0 saturated heterocycles. The second kappa shape index (κ2) is 9.72. The molecule has 142 valence electrons. The fraction of sp³-hybridized carbons (Fsp3) is 0.522. The third-order valence-corrected chi connectivity index (χ3v) is 4.78. The zero-order valence-corrected chi connectivity index (χ0v) is 16.8. The van der Waals surface area contributed by atoms with Crippen LogP contribution in [0, 0.1) is 5.41 Å². The Morgan fingerprint density at radius 2 is 1.69 bits per heavy atom. The molecule has 2 aromatic rings. The Balaban J connectivity index is 1.99. The van der Waals surface area contributed by atoms with Crippen molar-refractivity contribution in [2.24, 2.45) is 5.41 Å². The maximum absolute atomic E-state index is 11.5. The van der Waals surface area contributed by atoms with Gasteiger partial charge in [-0.15, -0.1) is 0 Å². The molecule has 0 unspecified atom stereocenters. The molecule has 0 saturated carbocycles. The third kappa shape index (κ3) is 7.17. The predicted octanol–water partition coefficient (Wildman–Crippen LogP) is 4.99. The molecular formula is C23H34N2O. The van der Waals surface area contributed by atoms with Gasteiger partial charge in [-0.05, 0) is 60.2 Å². The summed E-state index contributed by atoms with van der Waals surface area (Å²) in [5.41, 5.74) is 1.72. The number of nitrogens with zero attached hydrogens (tertiary/aromatic N) is 1. The molecule has 2 rings (SSSR count). The average Bonchev–Trinajstić information content (AvgIpc) is 2.60. The Labute approximate surface area is 158 Å². The normalized spacial score (nSPS) is 11.9. The van der Waals surface area contributed by atoms with Gasteiger partial charge >= 0.3 is 0 Å². The van der Waals surface area contributed by atoms with Crippen LogP contribution in [0.15, 0.2) is 42.5 Å². The summed E-state index contributed by atoms with van der Waals surface area (Å²) in [6.07, 6.45) is 3.92. The molecule has 0 aliphatic rings. The molecule has 3 heteroatoms. The van der Waals surface area contributed by atoms with E-state index in [4.69, 9.17) is 0 Å². The van der Waals surface area contributed by atoms with Crippen molar-refractivity contribution >= 4 is 16.7 Å². The lowest BCUT2D eigenvalue weighted by Gasteiger charge is -2.25. The maximum Gasteiger partial charge on any atom is 0.219 e. The van der Waals surface area contributed by atoms with Gasteiger partial charge < -0.3 is 5.32 Å². The number of amides is 1. The Morgan fingerprint density at radius 1 is 1.00 bits per heavy atom. The molecular weight excluding hydrogens is 320 g/mol. The summed E-state index contributed by atoms with van der Waals surface area (Å²) in [5.74, 6) is 0.130. The number of hydrogen-bond donors (Lipinski definition) is 1. The Hall–Kier alpha value is -1.87. The van der Waals surface area contributed by atoms with Crippen molar-refractivity contribution in [1.29, 1.82) is 0 Å².